The van der Waals surface area contributed by atoms with E-state index in [4.69, 9.17) is 0 Å². The fourth-order valence-corrected chi connectivity index (χ4v) is 7.43. The molecule has 6 atom stereocenters. The molecule has 2 heterocycles. The summed E-state index contributed by atoms with van der Waals surface area (Å²) < 4.78 is 1.82. The Morgan fingerprint density at radius 3 is 1.40 bits per heavy atom. The second-order valence-corrected chi connectivity index (χ2v) is 13.6. The van der Waals surface area contributed by atoms with Crippen molar-refractivity contribution in [1.29, 1.82) is 0 Å². The maximum absolute atomic E-state index is 12.5. The highest BCUT2D eigenvalue weighted by molar-refractivity contribution is 9.10. The molecule has 10 nitrogen and oxygen atoms in total. The van der Waals surface area contributed by atoms with Gasteiger partial charge in [-0.15, -0.1) is 0 Å². The Morgan fingerprint density at radius 1 is 0.622 bits per heavy atom. The summed E-state index contributed by atoms with van der Waals surface area (Å²) in [6.45, 7) is -0.430. The summed E-state index contributed by atoms with van der Waals surface area (Å²) in [5, 5.41) is 5.42. The quantitative estimate of drug-likeness (QED) is 0.331. The Kier molecular flexibility index (Phi) is 8.87. The van der Waals surface area contributed by atoms with Crippen molar-refractivity contribution in [3.63, 3.8) is 0 Å². The van der Waals surface area contributed by atoms with Gasteiger partial charge in [0.2, 0.25) is 35.4 Å². The number of likely N-dealkylation sites (tertiary alicyclic amines) is 2. The highest BCUT2D eigenvalue weighted by atomic mass is 79.9. The van der Waals surface area contributed by atoms with Crippen LogP contribution in [0.1, 0.15) is 19.3 Å². The standard InChI is InChI=1S/C17H15BrN2O3.C16H15BrN2O3/c18-11-3-5-12(6-4-11)19-13(21)8-20-16(22)14-9-1-2-10(7-9)15(14)17(20)23;17-10-5-7-11(8-6-10)18-14(20)9-19-15(21)12-3-1-2-4-13(12)16(19)22/h1-6,9-10,14-15H,7-8H2,(H,19,21);1-2,5-8,12-13H,3-4,9H2,(H,18,20). The molecule has 0 radical (unpaired) electrons. The summed E-state index contributed by atoms with van der Waals surface area (Å²) in [5.41, 5.74) is 1.27. The largest absolute Gasteiger partial charge is 0.325 e. The first-order valence-corrected chi connectivity index (χ1v) is 16.3. The molecule has 2 N–H and O–H groups in total. The Bertz CT molecular complexity index is 1570. The number of hydrogen-bond donors (Lipinski definition) is 2. The van der Waals surface area contributed by atoms with Gasteiger partial charge in [-0.2, -0.15) is 0 Å². The average Bonchev–Trinajstić information content (AvgIpc) is 3.77. The van der Waals surface area contributed by atoms with E-state index in [1.165, 1.54) is 0 Å². The van der Waals surface area contributed by atoms with Crippen LogP contribution in [0.15, 0.2) is 81.8 Å². The van der Waals surface area contributed by atoms with Gasteiger partial charge in [0.15, 0.2) is 0 Å². The van der Waals surface area contributed by atoms with Crippen LogP contribution in [0.4, 0.5) is 11.4 Å². The first-order valence-electron chi connectivity index (χ1n) is 14.8. The van der Waals surface area contributed by atoms with E-state index in [0.717, 1.165) is 25.2 Å². The molecule has 1 saturated carbocycles. The maximum atomic E-state index is 12.5. The molecule has 7 rings (SSSR count). The lowest BCUT2D eigenvalue weighted by atomic mass is 9.85. The van der Waals surface area contributed by atoms with Gasteiger partial charge in [-0.3, -0.25) is 38.6 Å². The number of halogens is 2. The summed E-state index contributed by atoms with van der Waals surface area (Å²) in [6.07, 6.45) is 10.0. The molecule has 6 unspecified atom stereocenters. The van der Waals surface area contributed by atoms with Crippen LogP contribution in [0.3, 0.4) is 0 Å². The Hall–Kier alpha value is -3.90. The molecule has 2 aromatic carbocycles. The second-order valence-electron chi connectivity index (χ2n) is 11.8. The lowest BCUT2D eigenvalue weighted by Crippen LogP contribution is -2.39. The van der Waals surface area contributed by atoms with Gasteiger partial charge < -0.3 is 10.6 Å². The number of benzene rings is 2. The molecule has 6 amide bonds. The van der Waals surface area contributed by atoms with Crippen molar-refractivity contribution in [1.82, 2.24) is 9.80 Å². The normalized spacial score (nSPS) is 27.3. The number of rotatable bonds is 6. The number of fused-ring (bicyclic) bond motifs is 6. The van der Waals surface area contributed by atoms with Crippen LogP contribution in [0.2, 0.25) is 0 Å². The van der Waals surface area contributed by atoms with Gasteiger partial charge in [0.1, 0.15) is 13.1 Å². The lowest BCUT2D eigenvalue weighted by Gasteiger charge is -2.16. The molecule has 3 fully saturated rings. The molecule has 0 spiro atoms. The van der Waals surface area contributed by atoms with Gasteiger partial charge in [-0.1, -0.05) is 56.2 Å². The van der Waals surface area contributed by atoms with Gasteiger partial charge in [0.05, 0.1) is 23.7 Å². The molecule has 45 heavy (non-hydrogen) atoms. The minimum Gasteiger partial charge on any atom is -0.325 e. The van der Waals surface area contributed by atoms with Crippen molar-refractivity contribution in [2.45, 2.75) is 19.3 Å². The van der Waals surface area contributed by atoms with Gasteiger partial charge >= 0.3 is 0 Å². The van der Waals surface area contributed by atoms with Gasteiger partial charge in [-0.25, -0.2) is 0 Å². The topological polar surface area (TPSA) is 133 Å². The number of amides is 6. The fraction of sp³-hybridized carbons (Fsp3) is 0.333. The summed E-state index contributed by atoms with van der Waals surface area (Å²) >= 11 is 6.64. The molecule has 0 aromatic heterocycles. The predicted octanol–water partition coefficient (Wildman–Crippen LogP) is 4.53. The zero-order valence-electron chi connectivity index (χ0n) is 24.0. The van der Waals surface area contributed by atoms with Crippen LogP contribution in [0.25, 0.3) is 0 Å². The third kappa shape index (κ3) is 6.30. The number of hydrogen-bond acceptors (Lipinski definition) is 6. The molecule has 3 aliphatic carbocycles. The van der Waals surface area contributed by atoms with E-state index >= 15 is 0 Å². The minimum atomic E-state index is -0.365. The minimum absolute atomic E-state index is 0.168. The zero-order valence-corrected chi connectivity index (χ0v) is 27.2. The van der Waals surface area contributed by atoms with Crippen LogP contribution in [-0.4, -0.2) is 58.3 Å². The monoisotopic (exact) mass is 736 g/mol. The Labute approximate surface area is 276 Å². The van der Waals surface area contributed by atoms with Gasteiger partial charge in [0, 0.05) is 20.3 Å². The van der Waals surface area contributed by atoms with Crippen molar-refractivity contribution < 1.29 is 28.8 Å². The number of imide groups is 2. The van der Waals surface area contributed by atoms with Crippen molar-refractivity contribution in [3.05, 3.63) is 81.8 Å². The molecular formula is C33H30Br2N4O6. The Balaban J connectivity index is 0.000000159. The molecule has 12 heteroatoms. The molecule has 2 aromatic rings. The van der Waals surface area contributed by atoms with E-state index in [0.29, 0.717) is 24.2 Å². The van der Waals surface area contributed by atoms with Crippen molar-refractivity contribution >= 4 is 78.7 Å². The molecule has 5 aliphatic rings. The van der Waals surface area contributed by atoms with Crippen molar-refractivity contribution in [3.8, 4) is 0 Å². The molecule has 2 saturated heterocycles. The highest BCUT2D eigenvalue weighted by Gasteiger charge is 2.59. The molecular weight excluding hydrogens is 708 g/mol. The van der Waals surface area contributed by atoms with Crippen LogP contribution in [-0.2, 0) is 28.8 Å². The molecule has 2 aliphatic heterocycles. The molecule has 232 valence electrons. The number of nitrogens with zero attached hydrogens (tertiary/aromatic N) is 2. The van der Waals surface area contributed by atoms with E-state index < -0.39 is 0 Å². The highest BCUT2D eigenvalue weighted by Crippen LogP contribution is 2.52. The summed E-state index contributed by atoms with van der Waals surface area (Å²) in [6, 6.07) is 14.3. The average molecular weight is 738 g/mol. The van der Waals surface area contributed by atoms with Crippen molar-refractivity contribution in [2.75, 3.05) is 23.7 Å². The maximum Gasteiger partial charge on any atom is 0.244 e. The van der Waals surface area contributed by atoms with Crippen LogP contribution >= 0.6 is 31.9 Å². The summed E-state index contributed by atoms with van der Waals surface area (Å²) in [7, 11) is 0. The van der Waals surface area contributed by atoms with Gasteiger partial charge in [0.25, 0.3) is 0 Å². The second kappa shape index (κ2) is 12.8. The smallest absolute Gasteiger partial charge is 0.244 e. The Morgan fingerprint density at radius 2 is 1.00 bits per heavy atom. The van der Waals surface area contributed by atoms with Crippen LogP contribution < -0.4 is 10.6 Å². The van der Waals surface area contributed by atoms with E-state index in [1.807, 2.05) is 48.6 Å². The molecule has 2 bridgehead atoms. The van der Waals surface area contributed by atoms with E-state index in [9.17, 15) is 28.8 Å². The van der Waals surface area contributed by atoms with Crippen LogP contribution in [0.5, 0.6) is 0 Å². The summed E-state index contributed by atoms with van der Waals surface area (Å²) in [4.78, 5) is 76.0. The third-order valence-electron chi connectivity index (χ3n) is 9.02. The fourth-order valence-electron chi connectivity index (χ4n) is 6.90. The third-order valence-corrected chi connectivity index (χ3v) is 10.1. The van der Waals surface area contributed by atoms with Crippen LogP contribution in [0, 0.1) is 35.5 Å². The zero-order chi connectivity index (χ0) is 31.8. The first kappa shape index (κ1) is 31.1. The summed E-state index contributed by atoms with van der Waals surface area (Å²) in [5.74, 6) is -2.32. The first-order chi connectivity index (χ1) is 21.6. The van der Waals surface area contributed by atoms with E-state index in [-0.39, 0.29) is 84.0 Å². The van der Waals surface area contributed by atoms with E-state index in [2.05, 4.69) is 42.5 Å². The predicted molar refractivity (Wildman–Crippen MR) is 172 cm³/mol. The number of carbonyl (C=O) groups excluding carboxylic acids is 6. The van der Waals surface area contributed by atoms with E-state index in [1.54, 1.807) is 24.3 Å². The lowest BCUT2D eigenvalue weighted by molar-refractivity contribution is -0.143. The van der Waals surface area contributed by atoms with Crippen molar-refractivity contribution in [2.24, 2.45) is 35.5 Å². The number of carbonyl (C=O) groups is 6. The number of anilines is 2. The SMILES string of the molecule is O=C(CN1C(=O)C2C3C=CC(C3)C2C1=O)Nc1ccc(Br)cc1.O=C(CN1C(=O)C2CC=CCC2C1=O)Nc1ccc(Br)cc1. The van der Waals surface area contributed by atoms with Gasteiger partial charge in [-0.05, 0) is 79.6 Å². The number of allylic oxidation sites excluding steroid dienone is 4. The number of nitrogens with one attached hydrogen (secondary N) is 2.